The molecular weight excluding hydrogens is 224 g/mol. The fourth-order valence-corrected chi connectivity index (χ4v) is 2.59. The van der Waals surface area contributed by atoms with E-state index in [-0.39, 0.29) is 5.25 Å². The zero-order valence-corrected chi connectivity index (χ0v) is 10.5. The van der Waals surface area contributed by atoms with Crippen LogP contribution in [-0.2, 0) is 16.6 Å². The Morgan fingerprint density at radius 3 is 3.00 bits per heavy atom. The quantitative estimate of drug-likeness (QED) is 0.810. The molecule has 0 bridgehead atoms. The SMILES string of the molecule is COc1ncccc1CS(=O)C(C)CCN. The normalized spacial score (nSPS) is 14.4. The molecule has 0 aliphatic carbocycles. The highest BCUT2D eigenvalue weighted by atomic mass is 32.2. The molecule has 1 aromatic heterocycles. The highest BCUT2D eigenvalue weighted by Gasteiger charge is 2.13. The average molecular weight is 242 g/mol. The molecule has 2 unspecified atom stereocenters. The highest BCUT2D eigenvalue weighted by molar-refractivity contribution is 7.84. The minimum absolute atomic E-state index is 0.106. The first-order chi connectivity index (χ1) is 7.69. The van der Waals surface area contributed by atoms with Crippen molar-refractivity contribution in [1.82, 2.24) is 4.98 Å². The van der Waals surface area contributed by atoms with Crippen LogP contribution in [0.4, 0.5) is 0 Å². The van der Waals surface area contributed by atoms with Gasteiger partial charge in [0.25, 0.3) is 0 Å². The molecule has 90 valence electrons. The number of pyridine rings is 1. The molecule has 0 aliphatic rings. The molecule has 0 spiro atoms. The van der Waals surface area contributed by atoms with Crippen molar-refractivity contribution in [3.05, 3.63) is 23.9 Å². The predicted octanol–water partition coefficient (Wildman–Crippen LogP) is 1.08. The van der Waals surface area contributed by atoms with Crippen molar-refractivity contribution in [2.75, 3.05) is 13.7 Å². The lowest BCUT2D eigenvalue weighted by Crippen LogP contribution is -2.17. The number of nitrogens with zero attached hydrogens (tertiary/aromatic N) is 1. The van der Waals surface area contributed by atoms with Gasteiger partial charge in [-0.15, -0.1) is 0 Å². The van der Waals surface area contributed by atoms with Gasteiger partial charge in [-0.05, 0) is 19.0 Å². The van der Waals surface area contributed by atoms with Gasteiger partial charge in [-0.1, -0.05) is 13.0 Å². The molecule has 5 heteroatoms. The largest absolute Gasteiger partial charge is 0.481 e. The van der Waals surface area contributed by atoms with Crippen LogP contribution < -0.4 is 10.5 Å². The van der Waals surface area contributed by atoms with Gasteiger partial charge in [-0.25, -0.2) is 4.98 Å². The topological polar surface area (TPSA) is 65.2 Å². The smallest absolute Gasteiger partial charge is 0.217 e. The summed E-state index contributed by atoms with van der Waals surface area (Å²) in [5.41, 5.74) is 6.33. The van der Waals surface area contributed by atoms with E-state index in [1.807, 2.05) is 19.1 Å². The lowest BCUT2D eigenvalue weighted by Gasteiger charge is -2.11. The van der Waals surface area contributed by atoms with Gasteiger partial charge in [-0.3, -0.25) is 4.21 Å². The molecule has 0 aliphatic heterocycles. The van der Waals surface area contributed by atoms with E-state index in [9.17, 15) is 4.21 Å². The fraction of sp³-hybridized carbons (Fsp3) is 0.545. The standard InChI is InChI=1S/C11H18N2O2S/c1-9(5-6-12)16(14)8-10-4-3-7-13-11(10)15-2/h3-4,7,9H,5-6,8,12H2,1-2H3. The first kappa shape index (κ1) is 13.1. The van der Waals surface area contributed by atoms with Gasteiger partial charge in [0.2, 0.25) is 5.88 Å². The summed E-state index contributed by atoms with van der Waals surface area (Å²) in [6.07, 6.45) is 2.43. The zero-order valence-electron chi connectivity index (χ0n) is 9.68. The van der Waals surface area contributed by atoms with E-state index < -0.39 is 10.8 Å². The predicted molar refractivity (Wildman–Crippen MR) is 65.8 cm³/mol. The summed E-state index contributed by atoms with van der Waals surface area (Å²) in [7, 11) is 0.640. The van der Waals surface area contributed by atoms with Crippen LogP contribution in [0.2, 0.25) is 0 Å². The van der Waals surface area contributed by atoms with E-state index in [2.05, 4.69) is 4.98 Å². The minimum Gasteiger partial charge on any atom is -0.481 e. The number of rotatable bonds is 6. The third kappa shape index (κ3) is 3.57. The van der Waals surface area contributed by atoms with Crippen LogP contribution in [0.25, 0.3) is 0 Å². The van der Waals surface area contributed by atoms with E-state index in [4.69, 9.17) is 10.5 Å². The lowest BCUT2D eigenvalue weighted by atomic mass is 10.3. The molecule has 2 N–H and O–H groups in total. The summed E-state index contributed by atoms with van der Waals surface area (Å²) in [6.45, 7) is 2.52. The maximum Gasteiger partial charge on any atom is 0.217 e. The van der Waals surface area contributed by atoms with Gasteiger partial charge in [0.15, 0.2) is 0 Å². The van der Waals surface area contributed by atoms with Crippen molar-refractivity contribution in [3.8, 4) is 5.88 Å². The van der Waals surface area contributed by atoms with Gasteiger partial charge < -0.3 is 10.5 Å². The molecule has 0 aromatic carbocycles. The van der Waals surface area contributed by atoms with Crippen LogP contribution in [0.15, 0.2) is 18.3 Å². The molecule has 1 aromatic rings. The molecule has 1 rings (SSSR count). The van der Waals surface area contributed by atoms with Crippen molar-refractivity contribution in [2.24, 2.45) is 5.73 Å². The fourth-order valence-electron chi connectivity index (χ4n) is 1.38. The Balaban J connectivity index is 2.69. The van der Waals surface area contributed by atoms with Gasteiger partial charge in [-0.2, -0.15) is 0 Å². The van der Waals surface area contributed by atoms with E-state index >= 15 is 0 Å². The Bertz CT molecular complexity index is 358. The Kier molecular flexibility index (Phi) is 5.42. The van der Waals surface area contributed by atoms with E-state index in [0.717, 1.165) is 12.0 Å². The number of hydrogen-bond donors (Lipinski definition) is 1. The second-order valence-electron chi connectivity index (χ2n) is 3.58. The van der Waals surface area contributed by atoms with Crippen LogP contribution >= 0.6 is 0 Å². The molecule has 0 amide bonds. The molecule has 0 fully saturated rings. The number of hydrogen-bond acceptors (Lipinski definition) is 4. The highest BCUT2D eigenvalue weighted by Crippen LogP contribution is 2.17. The second-order valence-corrected chi connectivity index (χ2v) is 5.44. The van der Waals surface area contributed by atoms with Crippen molar-refractivity contribution in [1.29, 1.82) is 0 Å². The van der Waals surface area contributed by atoms with Crippen LogP contribution in [0.3, 0.4) is 0 Å². The summed E-state index contributed by atoms with van der Waals surface area (Å²) in [6, 6.07) is 3.71. The summed E-state index contributed by atoms with van der Waals surface area (Å²) < 4.78 is 17.1. The minimum atomic E-state index is -0.928. The molecule has 1 heterocycles. The van der Waals surface area contributed by atoms with Gasteiger partial charge in [0.1, 0.15) is 0 Å². The third-order valence-corrected chi connectivity index (χ3v) is 4.09. The van der Waals surface area contributed by atoms with Crippen molar-refractivity contribution < 1.29 is 8.95 Å². The Morgan fingerprint density at radius 2 is 2.38 bits per heavy atom. The third-order valence-electron chi connectivity index (χ3n) is 2.36. The lowest BCUT2D eigenvalue weighted by molar-refractivity contribution is 0.394. The Hall–Kier alpha value is -0.940. The van der Waals surface area contributed by atoms with E-state index in [1.54, 1.807) is 13.3 Å². The van der Waals surface area contributed by atoms with Gasteiger partial charge >= 0.3 is 0 Å². The number of nitrogens with two attached hydrogens (primary N) is 1. The molecule has 16 heavy (non-hydrogen) atoms. The average Bonchev–Trinajstić information content (AvgIpc) is 2.30. The van der Waals surface area contributed by atoms with Crippen LogP contribution in [-0.4, -0.2) is 28.1 Å². The maximum absolute atomic E-state index is 11.9. The summed E-state index contributed by atoms with van der Waals surface area (Å²) >= 11 is 0. The molecule has 4 nitrogen and oxygen atoms in total. The van der Waals surface area contributed by atoms with Crippen molar-refractivity contribution >= 4 is 10.8 Å². The Labute approximate surface area is 98.7 Å². The monoisotopic (exact) mass is 242 g/mol. The van der Waals surface area contributed by atoms with Crippen molar-refractivity contribution in [3.63, 3.8) is 0 Å². The van der Waals surface area contributed by atoms with Gasteiger partial charge in [0, 0.05) is 27.8 Å². The second kappa shape index (κ2) is 6.60. The van der Waals surface area contributed by atoms with E-state index in [0.29, 0.717) is 18.2 Å². The number of aromatic nitrogens is 1. The first-order valence-electron chi connectivity index (χ1n) is 5.24. The molecule has 0 saturated heterocycles. The Morgan fingerprint density at radius 1 is 1.62 bits per heavy atom. The summed E-state index contributed by atoms with van der Waals surface area (Å²) in [5, 5.41) is 0.106. The number of methoxy groups -OCH3 is 1. The first-order valence-corrected chi connectivity index (χ1v) is 6.62. The summed E-state index contributed by atoms with van der Waals surface area (Å²) in [5.74, 6) is 1.02. The van der Waals surface area contributed by atoms with E-state index in [1.165, 1.54) is 0 Å². The van der Waals surface area contributed by atoms with Gasteiger partial charge in [0.05, 0.1) is 12.9 Å². The molecule has 0 saturated carbocycles. The zero-order chi connectivity index (χ0) is 12.0. The van der Waals surface area contributed by atoms with Crippen LogP contribution in [0.1, 0.15) is 18.9 Å². The van der Waals surface area contributed by atoms with Crippen LogP contribution in [0, 0.1) is 0 Å². The number of ether oxygens (including phenoxy) is 1. The van der Waals surface area contributed by atoms with Crippen molar-refractivity contribution in [2.45, 2.75) is 24.3 Å². The van der Waals surface area contributed by atoms with Crippen LogP contribution in [0.5, 0.6) is 5.88 Å². The molecule has 2 atom stereocenters. The molecular formula is C11H18N2O2S. The summed E-state index contributed by atoms with van der Waals surface area (Å²) in [4.78, 5) is 4.07. The maximum atomic E-state index is 11.9. The molecule has 0 radical (unpaired) electrons.